The quantitative estimate of drug-likeness (QED) is 0.767. The molecule has 3 heterocycles. The van der Waals surface area contributed by atoms with Gasteiger partial charge >= 0.3 is 0 Å². The molecule has 3 N–H and O–H groups in total. The van der Waals surface area contributed by atoms with Crippen molar-refractivity contribution in [2.75, 3.05) is 7.05 Å². The van der Waals surface area contributed by atoms with E-state index >= 15 is 0 Å². The molecule has 6 nitrogen and oxygen atoms in total. The monoisotopic (exact) mass is 313 g/mol. The average Bonchev–Trinajstić information content (AvgIpc) is 2.89. The van der Waals surface area contributed by atoms with Crippen LogP contribution < -0.4 is 4.72 Å². The van der Waals surface area contributed by atoms with Crippen LogP contribution >= 0.6 is 0 Å². The summed E-state index contributed by atoms with van der Waals surface area (Å²) in [6, 6.07) is 2.47. The third-order valence-corrected chi connectivity index (χ3v) is 6.36. The number of aromatic amines is 1. The molecule has 0 amide bonds. The Morgan fingerprint density at radius 2 is 2.05 bits per heavy atom. The van der Waals surface area contributed by atoms with E-state index in [9.17, 15) is 8.42 Å². The molecular formula is C14H23N3O3S. The molecule has 0 radical (unpaired) electrons. The molecule has 2 saturated heterocycles. The Morgan fingerprint density at radius 1 is 1.38 bits per heavy atom. The topological polar surface area (TPSA) is 85.4 Å². The molecule has 0 spiro atoms. The number of hydrogen-bond donors (Lipinski definition) is 3. The van der Waals surface area contributed by atoms with Crippen LogP contribution in [0, 0.1) is 0 Å². The van der Waals surface area contributed by atoms with Crippen LogP contribution in [0.5, 0.6) is 0 Å². The van der Waals surface area contributed by atoms with Gasteiger partial charge in [-0.05, 0) is 38.8 Å². The van der Waals surface area contributed by atoms with Gasteiger partial charge in [0, 0.05) is 30.0 Å². The van der Waals surface area contributed by atoms with Crippen LogP contribution in [0.4, 0.5) is 0 Å². The van der Waals surface area contributed by atoms with E-state index in [1.54, 1.807) is 0 Å². The van der Waals surface area contributed by atoms with Gasteiger partial charge in [-0.1, -0.05) is 6.42 Å². The Hall–Kier alpha value is -0.890. The molecule has 1 aromatic rings. The molecule has 2 fully saturated rings. The highest BCUT2D eigenvalue weighted by molar-refractivity contribution is 7.89. The highest BCUT2D eigenvalue weighted by Crippen LogP contribution is 2.33. The van der Waals surface area contributed by atoms with E-state index in [4.69, 9.17) is 5.11 Å². The van der Waals surface area contributed by atoms with Gasteiger partial charge in [0.15, 0.2) is 0 Å². The second kappa shape index (κ2) is 5.72. The molecular weight excluding hydrogens is 290 g/mol. The van der Waals surface area contributed by atoms with Crippen molar-refractivity contribution in [1.29, 1.82) is 0 Å². The lowest BCUT2D eigenvalue weighted by Gasteiger charge is -2.47. The summed E-state index contributed by atoms with van der Waals surface area (Å²) in [5.41, 5.74) is 0.510. The molecule has 2 aliphatic rings. The summed E-state index contributed by atoms with van der Waals surface area (Å²) in [5.74, 6) is 0. The molecule has 118 valence electrons. The number of aromatic nitrogens is 1. The Kier molecular flexibility index (Phi) is 4.09. The number of aliphatic hydroxyl groups excluding tert-OH is 1. The number of fused-ring (bicyclic) bond motifs is 2. The maximum Gasteiger partial charge on any atom is 0.242 e. The zero-order valence-electron chi connectivity index (χ0n) is 12.2. The minimum Gasteiger partial charge on any atom is -0.390 e. The lowest BCUT2D eigenvalue weighted by atomic mass is 9.83. The van der Waals surface area contributed by atoms with Gasteiger partial charge in [-0.2, -0.15) is 0 Å². The lowest BCUT2D eigenvalue weighted by molar-refractivity contribution is 0.0536. The first-order chi connectivity index (χ1) is 9.99. The average molecular weight is 313 g/mol. The van der Waals surface area contributed by atoms with E-state index in [1.165, 1.54) is 18.7 Å². The second-order valence-electron chi connectivity index (χ2n) is 6.21. The second-order valence-corrected chi connectivity index (χ2v) is 7.93. The van der Waals surface area contributed by atoms with Gasteiger partial charge in [0.25, 0.3) is 0 Å². The van der Waals surface area contributed by atoms with Gasteiger partial charge < -0.3 is 15.0 Å². The standard InChI is InChI=1S/C14H23N3O3S/c1-17-12-3-2-4-13(17)6-10(5-12)16-21(19,20)14-7-11(9-18)15-8-14/h7-8,10,12-13,15-16,18H,2-6,9H2,1H3. The Morgan fingerprint density at radius 3 is 2.62 bits per heavy atom. The fourth-order valence-corrected chi connectivity index (χ4v) is 4.94. The van der Waals surface area contributed by atoms with Crippen molar-refractivity contribution in [1.82, 2.24) is 14.6 Å². The van der Waals surface area contributed by atoms with Crippen molar-refractivity contribution >= 4 is 10.0 Å². The summed E-state index contributed by atoms with van der Waals surface area (Å²) in [4.78, 5) is 5.38. The van der Waals surface area contributed by atoms with E-state index < -0.39 is 10.0 Å². The number of sulfonamides is 1. The molecule has 7 heteroatoms. The maximum absolute atomic E-state index is 12.4. The zero-order chi connectivity index (χ0) is 15.0. The minimum absolute atomic E-state index is 0.00831. The fourth-order valence-electron chi connectivity index (χ4n) is 3.66. The van der Waals surface area contributed by atoms with Gasteiger partial charge in [0.05, 0.1) is 11.5 Å². The molecule has 1 aromatic heterocycles. The van der Waals surface area contributed by atoms with Gasteiger partial charge in [-0.25, -0.2) is 13.1 Å². The Balaban J connectivity index is 1.71. The molecule has 2 aliphatic heterocycles. The summed E-state index contributed by atoms with van der Waals surface area (Å²) >= 11 is 0. The van der Waals surface area contributed by atoms with Crippen molar-refractivity contribution in [2.45, 2.75) is 61.7 Å². The summed E-state index contributed by atoms with van der Waals surface area (Å²) in [5, 5.41) is 9.02. The largest absolute Gasteiger partial charge is 0.390 e. The van der Waals surface area contributed by atoms with Crippen molar-refractivity contribution in [3.05, 3.63) is 18.0 Å². The Labute approximate surface area is 125 Å². The van der Waals surface area contributed by atoms with Crippen LogP contribution in [0.1, 0.15) is 37.8 Å². The first-order valence-electron chi connectivity index (χ1n) is 7.52. The number of piperidine rings is 2. The summed E-state index contributed by atoms with van der Waals surface area (Å²) < 4.78 is 27.7. The van der Waals surface area contributed by atoms with Crippen LogP contribution in [0.2, 0.25) is 0 Å². The highest BCUT2D eigenvalue weighted by atomic mass is 32.2. The summed E-state index contributed by atoms with van der Waals surface area (Å²) in [7, 11) is -1.36. The molecule has 0 aromatic carbocycles. The van der Waals surface area contributed by atoms with E-state index in [1.807, 2.05) is 0 Å². The van der Waals surface area contributed by atoms with E-state index in [0.29, 0.717) is 17.8 Å². The third kappa shape index (κ3) is 3.01. The number of aliphatic hydroxyl groups is 1. The minimum atomic E-state index is -3.51. The predicted molar refractivity (Wildman–Crippen MR) is 79.2 cm³/mol. The highest BCUT2D eigenvalue weighted by Gasteiger charge is 2.37. The van der Waals surface area contributed by atoms with Crippen LogP contribution in [-0.2, 0) is 16.6 Å². The van der Waals surface area contributed by atoms with Crippen LogP contribution in [0.15, 0.2) is 17.2 Å². The molecule has 2 unspecified atom stereocenters. The van der Waals surface area contributed by atoms with E-state index in [0.717, 1.165) is 25.7 Å². The van der Waals surface area contributed by atoms with Gasteiger partial charge in [-0.3, -0.25) is 0 Å². The summed E-state index contributed by atoms with van der Waals surface area (Å²) in [6.07, 6.45) is 6.75. The molecule has 21 heavy (non-hydrogen) atoms. The molecule has 2 atom stereocenters. The van der Waals surface area contributed by atoms with Crippen molar-refractivity contribution in [3.8, 4) is 0 Å². The lowest BCUT2D eigenvalue weighted by Crippen LogP contribution is -2.55. The van der Waals surface area contributed by atoms with Crippen LogP contribution in [0.3, 0.4) is 0 Å². The van der Waals surface area contributed by atoms with Crippen molar-refractivity contribution < 1.29 is 13.5 Å². The van der Waals surface area contributed by atoms with Gasteiger partial charge in [0.1, 0.15) is 0 Å². The van der Waals surface area contributed by atoms with Crippen LogP contribution in [-0.4, -0.2) is 48.6 Å². The molecule has 3 rings (SSSR count). The number of rotatable bonds is 4. The fraction of sp³-hybridized carbons (Fsp3) is 0.714. The predicted octanol–water partition coefficient (Wildman–Crippen LogP) is 0.801. The van der Waals surface area contributed by atoms with Crippen molar-refractivity contribution in [3.63, 3.8) is 0 Å². The van der Waals surface area contributed by atoms with E-state index in [-0.39, 0.29) is 17.5 Å². The SMILES string of the molecule is CN1C2CCCC1CC(NS(=O)(=O)c1c[nH]c(CO)c1)C2. The number of hydrogen-bond acceptors (Lipinski definition) is 4. The number of H-pyrrole nitrogens is 1. The first kappa shape index (κ1) is 15.0. The van der Waals surface area contributed by atoms with Crippen LogP contribution in [0.25, 0.3) is 0 Å². The zero-order valence-corrected chi connectivity index (χ0v) is 13.1. The molecule has 0 saturated carbocycles. The first-order valence-corrected chi connectivity index (χ1v) is 9.00. The van der Waals surface area contributed by atoms with Gasteiger partial charge in [0.2, 0.25) is 10.0 Å². The normalized spacial score (nSPS) is 30.5. The number of nitrogens with one attached hydrogen (secondary N) is 2. The Bertz CT molecular complexity index is 584. The van der Waals surface area contributed by atoms with E-state index in [2.05, 4.69) is 21.7 Å². The van der Waals surface area contributed by atoms with Gasteiger partial charge in [-0.15, -0.1) is 0 Å². The smallest absolute Gasteiger partial charge is 0.242 e. The molecule has 0 aliphatic carbocycles. The summed E-state index contributed by atoms with van der Waals surface area (Å²) in [6.45, 7) is -0.187. The third-order valence-electron chi connectivity index (χ3n) is 4.86. The molecule has 2 bridgehead atoms. The number of nitrogens with zero attached hydrogens (tertiary/aromatic N) is 1. The maximum atomic E-state index is 12.4. The van der Waals surface area contributed by atoms with Crippen molar-refractivity contribution in [2.24, 2.45) is 0 Å².